The van der Waals surface area contributed by atoms with E-state index in [4.69, 9.17) is 22.1 Å². The SMILES string of the molecule is CCC1CN(CC(=O)Nc2cc(Cl)ccc2N)CCO1. The fourth-order valence-electron chi connectivity index (χ4n) is 2.20. The first-order chi connectivity index (χ1) is 9.58. The molecule has 5 nitrogen and oxygen atoms in total. The number of carbonyl (C=O) groups is 1. The average molecular weight is 298 g/mol. The number of hydrogen-bond acceptors (Lipinski definition) is 4. The van der Waals surface area contributed by atoms with Crippen LogP contribution in [0.1, 0.15) is 13.3 Å². The lowest BCUT2D eigenvalue weighted by Gasteiger charge is -2.31. The Labute approximate surface area is 124 Å². The minimum Gasteiger partial charge on any atom is -0.397 e. The molecule has 1 aromatic carbocycles. The van der Waals surface area contributed by atoms with Crippen LogP contribution in [0.2, 0.25) is 5.02 Å². The van der Waals surface area contributed by atoms with Gasteiger partial charge in [-0.15, -0.1) is 0 Å². The zero-order valence-electron chi connectivity index (χ0n) is 11.6. The van der Waals surface area contributed by atoms with Crippen LogP contribution in [0.3, 0.4) is 0 Å². The third-order valence-electron chi connectivity index (χ3n) is 3.33. The summed E-state index contributed by atoms with van der Waals surface area (Å²) >= 11 is 5.90. The van der Waals surface area contributed by atoms with Gasteiger partial charge in [-0.1, -0.05) is 18.5 Å². The summed E-state index contributed by atoms with van der Waals surface area (Å²) in [5.41, 5.74) is 6.88. The molecule has 1 atom stereocenters. The van der Waals surface area contributed by atoms with Gasteiger partial charge in [0.05, 0.1) is 30.6 Å². The van der Waals surface area contributed by atoms with Crippen molar-refractivity contribution in [1.29, 1.82) is 0 Å². The Hall–Kier alpha value is -1.30. The molecular weight excluding hydrogens is 278 g/mol. The van der Waals surface area contributed by atoms with Gasteiger partial charge in [-0.2, -0.15) is 0 Å². The Morgan fingerprint density at radius 1 is 1.60 bits per heavy atom. The fourth-order valence-corrected chi connectivity index (χ4v) is 2.37. The normalized spacial score (nSPS) is 19.8. The number of nitrogens with zero attached hydrogens (tertiary/aromatic N) is 1. The molecule has 1 aromatic rings. The van der Waals surface area contributed by atoms with Crippen LogP contribution in [0.5, 0.6) is 0 Å². The number of morpholine rings is 1. The van der Waals surface area contributed by atoms with E-state index in [-0.39, 0.29) is 12.0 Å². The number of anilines is 2. The summed E-state index contributed by atoms with van der Waals surface area (Å²) in [6.45, 7) is 4.65. The second kappa shape index (κ2) is 6.92. The number of hydrogen-bond donors (Lipinski definition) is 2. The van der Waals surface area contributed by atoms with Crippen LogP contribution in [0.4, 0.5) is 11.4 Å². The second-order valence-corrected chi connectivity index (χ2v) is 5.35. The smallest absolute Gasteiger partial charge is 0.238 e. The van der Waals surface area contributed by atoms with Gasteiger partial charge in [-0.05, 0) is 24.6 Å². The molecule has 0 spiro atoms. The van der Waals surface area contributed by atoms with Crippen molar-refractivity contribution < 1.29 is 9.53 Å². The summed E-state index contributed by atoms with van der Waals surface area (Å²) in [7, 11) is 0. The number of ether oxygens (including phenoxy) is 1. The molecule has 20 heavy (non-hydrogen) atoms. The lowest BCUT2D eigenvalue weighted by molar-refractivity contribution is -0.119. The molecule has 1 fully saturated rings. The van der Waals surface area contributed by atoms with E-state index in [9.17, 15) is 4.79 Å². The quantitative estimate of drug-likeness (QED) is 0.834. The summed E-state index contributed by atoms with van der Waals surface area (Å²) in [4.78, 5) is 14.1. The molecule has 1 aliphatic rings. The maximum atomic E-state index is 12.0. The van der Waals surface area contributed by atoms with Crippen LogP contribution in [-0.4, -0.2) is 43.2 Å². The summed E-state index contributed by atoms with van der Waals surface area (Å²) in [5, 5.41) is 3.35. The van der Waals surface area contributed by atoms with Gasteiger partial charge in [0.15, 0.2) is 0 Å². The van der Waals surface area contributed by atoms with Gasteiger partial charge >= 0.3 is 0 Å². The van der Waals surface area contributed by atoms with Crippen LogP contribution in [0.25, 0.3) is 0 Å². The Bertz CT molecular complexity index is 481. The predicted molar refractivity (Wildman–Crippen MR) is 81.0 cm³/mol. The highest BCUT2D eigenvalue weighted by atomic mass is 35.5. The molecule has 1 amide bonds. The van der Waals surface area contributed by atoms with Crippen molar-refractivity contribution in [1.82, 2.24) is 4.90 Å². The van der Waals surface area contributed by atoms with Gasteiger partial charge in [0, 0.05) is 18.1 Å². The largest absolute Gasteiger partial charge is 0.397 e. The molecule has 3 N–H and O–H groups in total. The minimum absolute atomic E-state index is 0.0873. The molecule has 0 radical (unpaired) electrons. The van der Waals surface area contributed by atoms with E-state index in [1.54, 1.807) is 18.2 Å². The molecule has 0 saturated carbocycles. The third-order valence-corrected chi connectivity index (χ3v) is 3.57. The second-order valence-electron chi connectivity index (χ2n) is 4.92. The van der Waals surface area contributed by atoms with Crippen molar-refractivity contribution in [3.8, 4) is 0 Å². The predicted octanol–water partition coefficient (Wildman–Crippen LogP) is 1.97. The van der Waals surface area contributed by atoms with Crippen LogP contribution in [-0.2, 0) is 9.53 Å². The number of nitrogens with two attached hydrogens (primary N) is 1. The number of carbonyl (C=O) groups excluding carboxylic acids is 1. The molecule has 0 aromatic heterocycles. The van der Waals surface area contributed by atoms with Gasteiger partial charge in [-0.25, -0.2) is 0 Å². The third kappa shape index (κ3) is 4.10. The van der Waals surface area contributed by atoms with Crippen molar-refractivity contribution in [3.05, 3.63) is 23.2 Å². The van der Waals surface area contributed by atoms with Crippen molar-refractivity contribution >= 4 is 28.9 Å². The maximum absolute atomic E-state index is 12.0. The number of halogens is 1. The molecule has 2 rings (SSSR count). The highest BCUT2D eigenvalue weighted by Gasteiger charge is 2.21. The summed E-state index contributed by atoms with van der Waals surface area (Å²) in [6, 6.07) is 5.03. The summed E-state index contributed by atoms with van der Waals surface area (Å²) < 4.78 is 5.58. The van der Waals surface area contributed by atoms with Crippen molar-refractivity contribution in [2.75, 3.05) is 37.3 Å². The highest BCUT2D eigenvalue weighted by Crippen LogP contribution is 2.22. The standard InChI is InChI=1S/C14H20ClN3O2/c1-2-11-8-18(5-6-20-11)9-14(19)17-13-7-10(15)3-4-12(13)16/h3-4,7,11H,2,5-6,8-9,16H2,1H3,(H,17,19). The van der Waals surface area contributed by atoms with Gasteiger partial charge in [0.25, 0.3) is 0 Å². The van der Waals surface area contributed by atoms with Gasteiger partial charge < -0.3 is 15.8 Å². The number of rotatable bonds is 4. The number of benzene rings is 1. The van der Waals surface area contributed by atoms with Gasteiger partial charge in [0.1, 0.15) is 0 Å². The van der Waals surface area contributed by atoms with E-state index in [1.165, 1.54) is 0 Å². The molecule has 6 heteroatoms. The first-order valence-electron chi connectivity index (χ1n) is 6.77. The molecule has 1 heterocycles. The number of nitrogens with one attached hydrogen (secondary N) is 1. The summed E-state index contributed by atoms with van der Waals surface area (Å²) in [5.74, 6) is -0.0873. The van der Waals surface area contributed by atoms with Crippen LogP contribution >= 0.6 is 11.6 Å². The number of amides is 1. The molecule has 110 valence electrons. The van der Waals surface area contributed by atoms with Crippen molar-refractivity contribution in [2.45, 2.75) is 19.4 Å². The lowest BCUT2D eigenvalue weighted by atomic mass is 10.2. The topological polar surface area (TPSA) is 67.6 Å². The summed E-state index contributed by atoms with van der Waals surface area (Å²) in [6.07, 6.45) is 1.17. The monoisotopic (exact) mass is 297 g/mol. The maximum Gasteiger partial charge on any atom is 0.238 e. The molecule has 0 bridgehead atoms. The Balaban J connectivity index is 1.90. The first-order valence-corrected chi connectivity index (χ1v) is 7.15. The van der Waals surface area contributed by atoms with Gasteiger partial charge in [0.2, 0.25) is 5.91 Å². The molecule has 1 aliphatic heterocycles. The lowest BCUT2D eigenvalue weighted by Crippen LogP contribution is -2.45. The van der Waals surface area contributed by atoms with Crippen LogP contribution < -0.4 is 11.1 Å². The minimum atomic E-state index is -0.0873. The molecular formula is C14H20ClN3O2. The van der Waals surface area contributed by atoms with Gasteiger partial charge in [-0.3, -0.25) is 9.69 Å². The highest BCUT2D eigenvalue weighted by molar-refractivity contribution is 6.31. The van der Waals surface area contributed by atoms with E-state index < -0.39 is 0 Å². The van der Waals surface area contributed by atoms with Crippen LogP contribution in [0, 0.1) is 0 Å². The van der Waals surface area contributed by atoms with E-state index in [0.29, 0.717) is 29.5 Å². The molecule has 1 saturated heterocycles. The van der Waals surface area contributed by atoms with E-state index in [1.807, 2.05) is 0 Å². The zero-order chi connectivity index (χ0) is 14.5. The average Bonchev–Trinajstić information content (AvgIpc) is 2.43. The van der Waals surface area contributed by atoms with Crippen molar-refractivity contribution in [2.24, 2.45) is 0 Å². The van der Waals surface area contributed by atoms with E-state index in [2.05, 4.69) is 17.1 Å². The molecule has 0 aliphatic carbocycles. The zero-order valence-corrected chi connectivity index (χ0v) is 12.3. The fraction of sp³-hybridized carbons (Fsp3) is 0.500. The Morgan fingerprint density at radius 3 is 3.15 bits per heavy atom. The Morgan fingerprint density at radius 2 is 2.40 bits per heavy atom. The Kier molecular flexibility index (Phi) is 5.23. The first kappa shape index (κ1) is 15.1. The van der Waals surface area contributed by atoms with E-state index >= 15 is 0 Å². The molecule has 1 unspecified atom stereocenters. The number of nitrogen functional groups attached to an aromatic ring is 1. The van der Waals surface area contributed by atoms with E-state index in [0.717, 1.165) is 19.5 Å². The van der Waals surface area contributed by atoms with Crippen LogP contribution in [0.15, 0.2) is 18.2 Å². The van der Waals surface area contributed by atoms with Crippen molar-refractivity contribution in [3.63, 3.8) is 0 Å².